The average Bonchev–Trinajstić information content (AvgIpc) is 1.99. The highest BCUT2D eigenvalue weighted by Gasteiger charge is 2.22. The van der Waals surface area contributed by atoms with E-state index in [1.54, 1.807) is 0 Å². The molecule has 0 saturated carbocycles. The van der Waals surface area contributed by atoms with Crippen LogP contribution in [-0.4, -0.2) is 42.1 Å². The molecule has 0 spiro atoms. The highest BCUT2D eigenvalue weighted by Crippen LogP contribution is 2.10. The molecular formula is C8H12N2S. The van der Waals surface area contributed by atoms with Crippen molar-refractivity contribution in [3.63, 3.8) is 0 Å². The van der Waals surface area contributed by atoms with Gasteiger partial charge in [0.2, 0.25) is 0 Å². The van der Waals surface area contributed by atoms with Gasteiger partial charge in [0.05, 0.1) is 5.92 Å². The number of hydrogen-bond donors (Lipinski definition) is 0. The van der Waals surface area contributed by atoms with Gasteiger partial charge in [0.25, 0.3) is 0 Å². The normalized spacial score (nSPS) is 20.3. The molecule has 2 nitrogen and oxygen atoms in total. The monoisotopic (exact) mass is 168 g/mol. The summed E-state index contributed by atoms with van der Waals surface area (Å²) in [6.07, 6.45) is 5.33. The number of terminal acetylenes is 1. The van der Waals surface area contributed by atoms with E-state index in [9.17, 15) is 0 Å². The Balaban J connectivity index is 2.63. The predicted molar refractivity (Wildman–Crippen MR) is 50.2 cm³/mol. The fourth-order valence-corrected chi connectivity index (χ4v) is 1.42. The standard InChI is InChI=1S/C8H12N2S/c1-4-7-5-9(2)8(11)10(3)6-7/h1,7H,5-6H2,2-3H3. The molecule has 0 aromatic rings. The topological polar surface area (TPSA) is 6.48 Å². The maximum Gasteiger partial charge on any atom is 0.171 e. The second-order valence-corrected chi connectivity index (χ2v) is 3.27. The molecule has 0 atom stereocenters. The minimum absolute atomic E-state index is 0.316. The zero-order valence-corrected chi connectivity index (χ0v) is 7.69. The third kappa shape index (κ3) is 1.63. The Morgan fingerprint density at radius 3 is 2.27 bits per heavy atom. The molecule has 0 N–H and O–H groups in total. The van der Waals surface area contributed by atoms with Crippen molar-refractivity contribution in [2.75, 3.05) is 27.2 Å². The van der Waals surface area contributed by atoms with Crippen LogP contribution in [0.4, 0.5) is 0 Å². The zero-order valence-electron chi connectivity index (χ0n) is 6.87. The lowest BCUT2D eigenvalue weighted by Gasteiger charge is -2.36. The van der Waals surface area contributed by atoms with E-state index in [2.05, 4.69) is 5.92 Å². The molecule has 0 amide bonds. The lowest BCUT2D eigenvalue weighted by Crippen LogP contribution is -2.49. The van der Waals surface area contributed by atoms with Crippen LogP contribution in [0.3, 0.4) is 0 Å². The van der Waals surface area contributed by atoms with E-state index in [-0.39, 0.29) is 0 Å². The second kappa shape index (κ2) is 3.10. The van der Waals surface area contributed by atoms with Gasteiger partial charge in [0, 0.05) is 27.2 Å². The van der Waals surface area contributed by atoms with E-state index < -0.39 is 0 Å². The van der Waals surface area contributed by atoms with E-state index in [1.807, 2.05) is 23.9 Å². The molecule has 1 fully saturated rings. The van der Waals surface area contributed by atoms with Crippen LogP contribution < -0.4 is 0 Å². The lowest BCUT2D eigenvalue weighted by atomic mass is 10.1. The van der Waals surface area contributed by atoms with Gasteiger partial charge in [-0.2, -0.15) is 0 Å². The molecule has 3 heteroatoms. The maximum absolute atomic E-state index is 5.33. The highest BCUT2D eigenvalue weighted by atomic mass is 32.1. The van der Waals surface area contributed by atoms with Gasteiger partial charge in [-0.1, -0.05) is 5.92 Å². The molecule has 0 aliphatic carbocycles. The van der Waals surface area contributed by atoms with Crippen LogP contribution in [0, 0.1) is 18.3 Å². The Hall–Kier alpha value is -0.750. The van der Waals surface area contributed by atoms with Gasteiger partial charge in [-0.05, 0) is 12.2 Å². The molecule has 0 bridgehead atoms. The Labute approximate surface area is 73.2 Å². The summed E-state index contributed by atoms with van der Waals surface area (Å²) in [6, 6.07) is 0. The summed E-state index contributed by atoms with van der Waals surface area (Å²) in [5.41, 5.74) is 0. The van der Waals surface area contributed by atoms with Crippen LogP contribution in [0.2, 0.25) is 0 Å². The first-order chi connectivity index (χ1) is 5.15. The first-order valence-corrected chi connectivity index (χ1v) is 3.98. The van der Waals surface area contributed by atoms with Crippen LogP contribution in [0.25, 0.3) is 0 Å². The number of thiocarbonyl (C=S) groups is 1. The average molecular weight is 168 g/mol. The fraction of sp³-hybridized carbons (Fsp3) is 0.625. The summed E-state index contributed by atoms with van der Waals surface area (Å²) in [6.45, 7) is 1.78. The predicted octanol–water partition coefficient (Wildman–Crippen LogP) is 0.398. The smallest absolute Gasteiger partial charge is 0.171 e. The fourth-order valence-electron chi connectivity index (χ4n) is 1.27. The third-order valence-electron chi connectivity index (χ3n) is 1.88. The third-order valence-corrected chi connectivity index (χ3v) is 2.50. The van der Waals surface area contributed by atoms with E-state index in [1.165, 1.54) is 0 Å². The van der Waals surface area contributed by atoms with E-state index in [4.69, 9.17) is 18.6 Å². The minimum atomic E-state index is 0.316. The maximum atomic E-state index is 5.33. The Bertz CT molecular complexity index is 193. The quantitative estimate of drug-likeness (QED) is 0.382. The van der Waals surface area contributed by atoms with Crippen molar-refractivity contribution >= 4 is 17.3 Å². The number of nitrogens with zero attached hydrogens (tertiary/aromatic N) is 2. The molecule has 0 aromatic heterocycles. The number of rotatable bonds is 0. The van der Waals surface area contributed by atoms with Crippen LogP contribution >= 0.6 is 12.2 Å². The molecule has 1 aliphatic heterocycles. The summed E-state index contributed by atoms with van der Waals surface area (Å²) >= 11 is 5.14. The minimum Gasteiger partial charge on any atom is -0.351 e. The SMILES string of the molecule is C#CC1CN(C)C(=S)N(C)C1. The molecule has 1 saturated heterocycles. The van der Waals surface area contributed by atoms with Gasteiger partial charge in [-0.25, -0.2) is 0 Å². The Kier molecular flexibility index (Phi) is 2.35. The molecule has 1 aliphatic rings. The van der Waals surface area contributed by atoms with Crippen molar-refractivity contribution in [2.45, 2.75) is 0 Å². The van der Waals surface area contributed by atoms with Gasteiger partial charge >= 0.3 is 0 Å². The second-order valence-electron chi connectivity index (χ2n) is 2.91. The van der Waals surface area contributed by atoms with Crippen LogP contribution in [0.5, 0.6) is 0 Å². The summed E-state index contributed by atoms with van der Waals surface area (Å²) in [5, 5.41) is 0.886. The van der Waals surface area contributed by atoms with Crippen molar-refractivity contribution in [3.8, 4) is 12.3 Å². The van der Waals surface area contributed by atoms with E-state index in [0.717, 1.165) is 18.2 Å². The Morgan fingerprint density at radius 1 is 1.45 bits per heavy atom. The van der Waals surface area contributed by atoms with Crippen molar-refractivity contribution in [1.82, 2.24) is 9.80 Å². The Morgan fingerprint density at radius 2 is 1.91 bits per heavy atom. The molecule has 60 valence electrons. The lowest BCUT2D eigenvalue weighted by molar-refractivity contribution is 0.287. The molecule has 1 rings (SSSR count). The van der Waals surface area contributed by atoms with Crippen molar-refractivity contribution < 1.29 is 0 Å². The van der Waals surface area contributed by atoms with Gasteiger partial charge in [-0.3, -0.25) is 0 Å². The summed E-state index contributed by atoms with van der Waals surface area (Å²) in [7, 11) is 3.95. The van der Waals surface area contributed by atoms with Crippen LogP contribution in [-0.2, 0) is 0 Å². The van der Waals surface area contributed by atoms with Crippen LogP contribution in [0.1, 0.15) is 0 Å². The summed E-state index contributed by atoms with van der Waals surface area (Å²) < 4.78 is 0. The summed E-state index contributed by atoms with van der Waals surface area (Å²) in [4.78, 5) is 4.03. The molecule has 0 aromatic carbocycles. The van der Waals surface area contributed by atoms with Gasteiger partial charge in [0.15, 0.2) is 5.11 Å². The number of hydrogen-bond acceptors (Lipinski definition) is 1. The van der Waals surface area contributed by atoms with Gasteiger partial charge in [0.1, 0.15) is 0 Å². The van der Waals surface area contributed by atoms with Crippen molar-refractivity contribution in [1.29, 1.82) is 0 Å². The van der Waals surface area contributed by atoms with Gasteiger partial charge in [-0.15, -0.1) is 6.42 Å². The molecular weight excluding hydrogens is 156 g/mol. The highest BCUT2D eigenvalue weighted by molar-refractivity contribution is 7.80. The van der Waals surface area contributed by atoms with Crippen LogP contribution in [0.15, 0.2) is 0 Å². The first kappa shape index (κ1) is 8.35. The molecule has 11 heavy (non-hydrogen) atoms. The molecule has 0 unspecified atom stereocenters. The first-order valence-electron chi connectivity index (χ1n) is 3.57. The molecule has 0 radical (unpaired) electrons. The van der Waals surface area contributed by atoms with E-state index in [0.29, 0.717) is 5.92 Å². The van der Waals surface area contributed by atoms with Crippen molar-refractivity contribution in [2.24, 2.45) is 5.92 Å². The molecule has 1 heterocycles. The largest absolute Gasteiger partial charge is 0.351 e. The van der Waals surface area contributed by atoms with Gasteiger partial charge < -0.3 is 9.80 Å². The zero-order chi connectivity index (χ0) is 8.43. The van der Waals surface area contributed by atoms with Crippen molar-refractivity contribution in [3.05, 3.63) is 0 Å². The summed E-state index contributed by atoms with van der Waals surface area (Å²) in [5.74, 6) is 3.06. The van der Waals surface area contributed by atoms with E-state index >= 15 is 0 Å².